The zero-order valence-corrected chi connectivity index (χ0v) is 15.9. The standard InChI is InChI=1S/C20H26N2O4/c1-5-21-12-16(20(24)22-9-7-6-8-13(22)2)14-10-17(25-3)18(26-4)11-15(14)19(21)23/h10-13H,5-9H2,1-4H3/t13-/m1/s1. The molecule has 1 aliphatic rings. The number of ether oxygens (including phenoxy) is 2. The molecular formula is C20H26N2O4. The number of aryl methyl sites for hydroxylation is 1. The first-order valence-corrected chi connectivity index (χ1v) is 9.12. The van der Waals surface area contributed by atoms with Crippen LogP contribution in [-0.4, -0.2) is 42.2 Å². The van der Waals surface area contributed by atoms with Crippen molar-refractivity contribution in [2.45, 2.75) is 45.7 Å². The molecule has 0 aliphatic carbocycles. The highest BCUT2D eigenvalue weighted by atomic mass is 16.5. The number of pyridine rings is 1. The topological polar surface area (TPSA) is 60.8 Å². The maximum Gasteiger partial charge on any atom is 0.258 e. The number of hydrogen-bond donors (Lipinski definition) is 0. The number of aromatic nitrogens is 1. The molecule has 0 unspecified atom stereocenters. The van der Waals surface area contributed by atoms with Crippen LogP contribution in [0.1, 0.15) is 43.5 Å². The van der Waals surface area contributed by atoms with Crippen molar-refractivity contribution in [3.63, 3.8) is 0 Å². The molecule has 2 aromatic rings. The van der Waals surface area contributed by atoms with E-state index in [-0.39, 0.29) is 17.5 Å². The molecule has 1 aromatic heterocycles. The molecule has 0 radical (unpaired) electrons. The van der Waals surface area contributed by atoms with Crippen molar-refractivity contribution in [2.24, 2.45) is 0 Å². The number of hydrogen-bond acceptors (Lipinski definition) is 4. The van der Waals surface area contributed by atoms with E-state index >= 15 is 0 Å². The first kappa shape index (κ1) is 18.3. The number of rotatable bonds is 4. The summed E-state index contributed by atoms with van der Waals surface area (Å²) in [4.78, 5) is 28.0. The van der Waals surface area contributed by atoms with Gasteiger partial charge in [0.05, 0.1) is 25.2 Å². The Morgan fingerprint density at radius 1 is 1.15 bits per heavy atom. The lowest BCUT2D eigenvalue weighted by atomic mass is 10.00. The number of nitrogens with zero attached hydrogens (tertiary/aromatic N) is 2. The van der Waals surface area contributed by atoms with E-state index in [0.29, 0.717) is 34.4 Å². The largest absolute Gasteiger partial charge is 0.493 e. The molecule has 2 heterocycles. The highest BCUT2D eigenvalue weighted by Crippen LogP contribution is 2.33. The van der Waals surface area contributed by atoms with Crippen LogP contribution in [0.5, 0.6) is 11.5 Å². The molecule has 0 saturated carbocycles. The Morgan fingerprint density at radius 3 is 2.38 bits per heavy atom. The average molecular weight is 358 g/mol. The van der Waals surface area contributed by atoms with Crippen molar-refractivity contribution in [1.82, 2.24) is 9.47 Å². The van der Waals surface area contributed by atoms with Gasteiger partial charge in [0, 0.05) is 30.7 Å². The van der Waals surface area contributed by atoms with Crippen molar-refractivity contribution < 1.29 is 14.3 Å². The SMILES string of the molecule is CCn1cc(C(=O)N2CCCC[C@H]2C)c2cc(OC)c(OC)cc2c1=O. The zero-order valence-electron chi connectivity index (χ0n) is 15.9. The molecule has 6 nitrogen and oxygen atoms in total. The molecule has 1 aliphatic heterocycles. The smallest absolute Gasteiger partial charge is 0.258 e. The number of carbonyl (C=O) groups excluding carboxylic acids is 1. The van der Waals surface area contributed by atoms with Crippen LogP contribution in [-0.2, 0) is 6.54 Å². The van der Waals surface area contributed by atoms with Gasteiger partial charge in [0.2, 0.25) is 0 Å². The zero-order chi connectivity index (χ0) is 18.8. The summed E-state index contributed by atoms with van der Waals surface area (Å²) in [6.45, 7) is 5.23. The number of piperidine rings is 1. The van der Waals surface area contributed by atoms with Gasteiger partial charge in [0.25, 0.3) is 11.5 Å². The molecule has 140 valence electrons. The van der Waals surface area contributed by atoms with Crippen molar-refractivity contribution >= 4 is 16.7 Å². The van der Waals surface area contributed by atoms with Gasteiger partial charge in [0.15, 0.2) is 11.5 Å². The lowest BCUT2D eigenvalue weighted by Gasteiger charge is -2.33. The van der Waals surface area contributed by atoms with Crippen LogP contribution < -0.4 is 15.0 Å². The fraction of sp³-hybridized carbons (Fsp3) is 0.500. The Hall–Kier alpha value is -2.50. The van der Waals surface area contributed by atoms with Gasteiger partial charge in [0.1, 0.15) is 0 Å². The highest BCUT2D eigenvalue weighted by Gasteiger charge is 2.27. The van der Waals surface area contributed by atoms with Gasteiger partial charge in [-0.25, -0.2) is 0 Å². The molecule has 0 bridgehead atoms. The number of likely N-dealkylation sites (tertiary alicyclic amines) is 1. The van der Waals surface area contributed by atoms with Crippen molar-refractivity contribution in [2.75, 3.05) is 20.8 Å². The summed E-state index contributed by atoms with van der Waals surface area (Å²) < 4.78 is 12.3. The maximum atomic E-state index is 13.3. The second-order valence-corrected chi connectivity index (χ2v) is 6.73. The average Bonchev–Trinajstić information content (AvgIpc) is 2.67. The van der Waals surface area contributed by atoms with E-state index in [2.05, 4.69) is 6.92 Å². The van der Waals surface area contributed by atoms with Gasteiger partial charge >= 0.3 is 0 Å². The van der Waals surface area contributed by atoms with Crippen LogP contribution in [0.25, 0.3) is 10.8 Å². The van der Waals surface area contributed by atoms with Gasteiger partial charge in [-0.3, -0.25) is 9.59 Å². The third-order valence-corrected chi connectivity index (χ3v) is 5.23. The number of fused-ring (bicyclic) bond motifs is 1. The summed E-state index contributed by atoms with van der Waals surface area (Å²) in [5.74, 6) is 0.960. The Balaban J connectivity index is 2.24. The number of amides is 1. The Morgan fingerprint density at radius 2 is 1.81 bits per heavy atom. The lowest BCUT2D eigenvalue weighted by Crippen LogP contribution is -2.42. The first-order valence-electron chi connectivity index (χ1n) is 9.12. The monoisotopic (exact) mass is 358 g/mol. The molecule has 0 N–H and O–H groups in total. The first-order chi connectivity index (χ1) is 12.5. The van der Waals surface area contributed by atoms with Crippen LogP contribution in [0.3, 0.4) is 0 Å². The predicted molar refractivity (Wildman–Crippen MR) is 101 cm³/mol. The Kier molecular flexibility index (Phi) is 5.20. The van der Waals surface area contributed by atoms with Crippen molar-refractivity contribution in [3.05, 3.63) is 34.2 Å². The lowest BCUT2D eigenvalue weighted by molar-refractivity contribution is 0.0637. The second kappa shape index (κ2) is 7.40. The maximum absolute atomic E-state index is 13.3. The quantitative estimate of drug-likeness (QED) is 0.843. The van der Waals surface area contributed by atoms with Crippen LogP contribution in [0.4, 0.5) is 0 Å². The van der Waals surface area contributed by atoms with Crippen LogP contribution in [0.15, 0.2) is 23.1 Å². The minimum atomic E-state index is -0.133. The molecule has 1 saturated heterocycles. The molecule has 1 aromatic carbocycles. The van der Waals surface area contributed by atoms with Crippen LogP contribution >= 0.6 is 0 Å². The second-order valence-electron chi connectivity index (χ2n) is 6.73. The molecule has 1 atom stereocenters. The minimum absolute atomic E-state index is 0.0309. The minimum Gasteiger partial charge on any atom is -0.493 e. The van der Waals surface area contributed by atoms with Gasteiger partial charge in [-0.1, -0.05) is 0 Å². The van der Waals surface area contributed by atoms with E-state index in [0.717, 1.165) is 25.8 Å². The van der Waals surface area contributed by atoms with Crippen LogP contribution in [0, 0.1) is 0 Å². The summed E-state index contributed by atoms with van der Waals surface area (Å²) in [7, 11) is 3.08. The molecule has 0 spiro atoms. The molecule has 26 heavy (non-hydrogen) atoms. The number of methoxy groups -OCH3 is 2. The van der Waals surface area contributed by atoms with E-state index in [1.807, 2.05) is 11.8 Å². The summed E-state index contributed by atoms with van der Waals surface area (Å²) in [5, 5.41) is 1.08. The van der Waals surface area contributed by atoms with E-state index < -0.39 is 0 Å². The fourth-order valence-corrected chi connectivity index (χ4v) is 3.68. The highest BCUT2D eigenvalue weighted by molar-refractivity contribution is 6.07. The van der Waals surface area contributed by atoms with Gasteiger partial charge in [-0.15, -0.1) is 0 Å². The normalized spacial score (nSPS) is 17.4. The summed E-state index contributed by atoms with van der Waals surface area (Å²) in [6.07, 6.45) is 4.85. The van der Waals surface area contributed by atoms with Crippen molar-refractivity contribution in [1.29, 1.82) is 0 Å². The third kappa shape index (κ3) is 3.04. The molecule has 3 rings (SSSR count). The Labute approximate surface area is 153 Å². The van der Waals surface area contributed by atoms with E-state index in [9.17, 15) is 9.59 Å². The van der Waals surface area contributed by atoms with E-state index in [4.69, 9.17) is 9.47 Å². The van der Waals surface area contributed by atoms with Gasteiger partial charge in [-0.05, 0) is 45.2 Å². The van der Waals surface area contributed by atoms with E-state index in [1.54, 1.807) is 30.0 Å². The van der Waals surface area contributed by atoms with Crippen LogP contribution in [0.2, 0.25) is 0 Å². The summed E-state index contributed by atoms with van der Waals surface area (Å²) >= 11 is 0. The van der Waals surface area contributed by atoms with Gasteiger partial charge < -0.3 is 18.9 Å². The number of benzene rings is 1. The van der Waals surface area contributed by atoms with Crippen molar-refractivity contribution in [3.8, 4) is 11.5 Å². The molecule has 1 fully saturated rings. The summed E-state index contributed by atoms with van der Waals surface area (Å²) in [6, 6.07) is 3.60. The number of carbonyl (C=O) groups is 1. The summed E-state index contributed by atoms with van der Waals surface area (Å²) in [5.41, 5.74) is 0.405. The van der Waals surface area contributed by atoms with E-state index in [1.165, 1.54) is 7.11 Å². The molecule has 1 amide bonds. The van der Waals surface area contributed by atoms with Gasteiger partial charge in [-0.2, -0.15) is 0 Å². The third-order valence-electron chi connectivity index (χ3n) is 5.23. The molecular weight excluding hydrogens is 332 g/mol. The molecule has 6 heteroatoms. The Bertz CT molecular complexity index is 887. The predicted octanol–water partition coefficient (Wildman–Crippen LogP) is 3.05. The fourth-order valence-electron chi connectivity index (χ4n) is 3.68.